The van der Waals surface area contributed by atoms with E-state index in [2.05, 4.69) is 51.6 Å². The molecule has 0 aliphatic carbocycles. The number of carbonyl (C=O) groups excluding carboxylic acids is 2. The van der Waals surface area contributed by atoms with Crippen LogP contribution < -0.4 is 34.9 Å². The van der Waals surface area contributed by atoms with Gasteiger partial charge >= 0.3 is 41.5 Å². The van der Waals surface area contributed by atoms with Gasteiger partial charge in [0, 0.05) is 39.5 Å². The van der Waals surface area contributed by atoms with Crippen LogP contribution in [0.1, 0.15) is 31.1 Å². The van der Waals surface area contributed by atoms with Crippen molar-refractivity contribution in [1.82, 2.24) is 0 Å². The summed E-state index contributed by atoms with van der Waals surface area (Å²) in [6, 6.07) is 30.6. The molecule has 0 bridgehead atoms. The molecule has 4 aromatic rings. The third-order valence-corrected chi connectivity index (χ3v) is 6.55. The van der Waals surface area contributed by atoms with Crippen LogP contribution in [0.3, 0.4) is 0 Å². The van der Waals surface area contributed by atoms with Gasteiger partial charge in [0.1, 0.15) is 0 Å². The number of rotatable bonds is 9. The van der Waals surface area contributed by atoms with Crippen molar-refractivity contribution in [2.24, 2.45) is 4.99 Å². The van der Waals surface area contributed by atoms with Crippen LogP contribution in [0.25, 0.3) is 12.2 Å². The largest absolute Gasteiger partial charge is 1.00 e. The maximum atomic E-state index is 11.1. The van der Waals surface area contributed by atoms with Crippen LogP contribution in [0, 0.1) is 0 Å². The second-order valence-corrected chi connectivity index (χ2v) is 10.4. The topological polar surface area (TPSA) is 77.0 Å². The SMILES string of the molecule is C.COC(=O)/C=C/c1cccc(N=Cc2ccc(Br)cc2)c1.[2H]C(Nc1cccc(/C=C/C(=O)OC)c1)c1ccc(Br)cc1.[2H][B-]([2H])([2H])[2H].[Na+]. The van der Waals surface area contributed by atoms with Crippen LogP contribution in [0.2, 0.25) is 0 Å². The van der Waals surface area contributed by atoms with E-state index in [1.807, 2.05) is 97.1 Å². The minimum atomic E-state index is -3.00. The predicted octanol–water partition coefficient (Wildman–Crippen LogP) is 4.82. The molecule has 230 valence electrons. The Bertz CT molecular complexity index is 1700. The van der Waals surface area contributed by atoms with E-state index in [9.17, 15) is 9.59 Å². The molecule has 0 saturated carbocycles. The van der Waals surface area contributed by atoms with Crippen molar-refractivity contribution in [2.75, 3.05) is 19.5 Å². The molecule has 1 atom stereocenters. The Hall–Kier alpha value is -3.21. The van der Waals surface area contributed by atoms with Crippen molar-refractivity contribution in [2.45, 2.75) is 13.9 Å². The van der Waals surface area contributed by atoms with Crippen LogP contribution in [0.15, 0.2) is 123 Å². The normalized spacial score (nSPS) is 12.6. The van der Waals surface area contributed by atoms with Crippen LogP contribution in [0.5, 0.6) is 0 Å². The third-order valence-electron chi connectivity index (χ3n) is 5.49. The summed E-state index contributed by atoms with van der Waals surface area (Å²) in [5.41, 5.74) is 5.29. The zero-order chi connectivity index (χ0) is 35.5. The molecule has 0 heterocycles. The van der Waals surface area contributed by atoms with Crippen molar-refractivity contribution in [3.63, 3.8) is 0 Å². The summed E-state index contributed by atoms with van der Waals surface area (Å²) < 4.78 is 43.3. The second-order valence-electron chi connectivity index (χ2n) is 8.58. The average molecular weight is 749 g/mol. The number of carbonyl (C=O) groups is 2. The Kier molecular flexibility index (Phi) is 17.1. The molecule has 0 spiro atoms. The van der Waals surface area contributed by atoms with Crippen LogP contribution in [-0.2, 0) is 25.6 Å². The van der Waals surface area contributed by atoms with Gasteiger partial charge in [-0.15, -0.1) is 0 Å². The molecule has 0 amide bonds. The first-order valence-corrected chi connectivity index (χ1v) is 14.3. The molecule has 45 heavy (non-hydrogen) atoms. The number of esters is 2. The zero-order valence-corrected chi connectivity index (χ0v) is 29.8. The molecule has 4 aromatic carbocycles. The quantitative estimate of drug-likeness (QED) is 0.115. The number of benzene rings is 4. The number of hydrogen-bond acceptors (Lipinski definition) is 6. The van der Waals surface area contributed by atoms with Gasteiger partial charge in [0.15, 0.2) is 0 Å². The molecule has 0 aliphatic rings. The van der Waals surface area contributed by atoms with Gasteiger partial charge in [-0.1, -0.05) is 96.1 Å². The molecule has 6 nitrogen and oxygen atoms in total. The fourth-order valence-electron chi connectivity index (χ4n) is 3.33. The standard InChI is InChI=1S/C17H16BrNO2.C17H14BrNO2.CH4.BH4.Na/c2*1-21-17(20)10-7-13-3-2-4-16(11-13)19-12-14-5-8-15(18)9-6-14;;;/h2-11,19H,12H2,1H3;2-12H,1H3;2*1H4;/q;;;-1;+1/b10-7+;10-7+,19-12?;;;/i12D;;;1D4;. The molecule has 10 heteroatoms. The van der Waals surface area contributed by atoms with Gasteiger partial charge in [-0.2, -0.15) is 0 Å². The zero-order valence-electron chi connectivity index (χ0n) is 29.6. The molecule has 0 saturated heterocycles. The fraction of sp³-hybridized carbons (Fsp3) is 0.114. The van der Waals surface area contributed by atoms with E-state index < -0.39 is 20.8 Å². The van der Waals surface area contributed by atoms with Crippen molar-refractivity contribution < 1.29 is 50.0 Å². The summed E-state index contributed by atoms with van der Waals surface area (Å²) in [7, 11) is -0.306. The van der Waals surface area contributed by atoms with E-state index in [-0.39, 0.29) is 43.0 Å². The van der Waals surface area contributed by atoms with Crippen molar-refractivity contribution in [3.8, 4) is 0 Å². The number of ether oxygens (including phenoxy) is 2. The number of anilines is 1. The summed E-state index contributed by atoms with van der Waals surface area (Å²) in [5.74, 6) is -0.773. The maximum Gasteiger partial charge on any atom is 1.00 e. The summed E-state index contributed by atoms with van der Waals surface area (Å²) in [6.45, 7) is -0.562. The van der Waals surface area contributed by atoms with Crippen LogP contribution in [-0.4, -0.2) is 46.0 Å². The molecule has 1 N–H and O–H groups in total. The molecule has 0 aromatic heterocycles. The Labute approximate surface area is 314 Å². The molecule has 0 radical (unpaired) electrons. The number of methoxy groups -OCH3 is 2. The molecule has 0 fully saturated rings. The van der Waals surface area contributed by atoms with Gasteiger partial charge in [-0.3, -0.25) is 4.99 Å². The van der Waals surface area contributed by atoms with Gasteiger partial charge in [-0.05, 0) is 82.9 Å². The first-order chi connectivity index (χ1) is 22.7. The number of halogens is 2. The Morgan fingerprint density at radius 1 is 0.822 bits per heavy atom. The van der Waals surface area contributed by atoms with Gasteiger partial charge in [-0.25, -0.2) is 14.9 Å². The van der Waals surface area contributed by atoms with Gasteiger partial charge in [0.2, 0.25) is 0 Å². The fourth-order valence-corrected chi connectivity index (χ4v) is 3.86. The minimum Gasteiger partial charge on any atom is -0.466 e. The molecular formula is C35H38BBr2N2NaO4. The van der Waals surface area contributed by atoms with Crippen LogP contribution in [0.4, 0.5) is 11.4 Å². The molecule has 1 unspecified atom stereocenters. The van der Waals surface area contributed by atoms with Crippen molar-refractivity contribution in [1.29, 1.82) is 5.34 Å². The van der Waals surface area contributed by atoms with E-state index in [0.717, 1.165) is 42.6 Å². The molecular weight excluding hydrogens is 706 g/mol. The Morgan fingerprint density at radius 3 is 1.89 bits per heavy atom. The monoisotopic (exact) mass is 747 g/mol. The number of nitrogens with one attached hydrogen (secondary N) is 1. The average Bonchev–Trinajstić information content (AvgIpc) is 3.06. The smallest absolute Gasteiger partial charge is 0.466 e. The Balaban J connectivity index is 0.000000818. The second kappa shape index (κ2) is 23.2. The van der Waals surface area contributed by atoms with E-state index in [1.165, 1.54) is 26.4 Å². The van der Waals surface area contributed by atoms with E-state index in [0.29, 0.717) is 0 Å². The number of nitrogens with zero attached hydrogens (tertiary/aromatic N) is 1. The summed E-state index contributed by atoms with van der Waals surface area (Å²) in [6.07, 6.45) is 7.93. The maximum absolute atomic E-state index is 11.1. The number of aliphatic imine (C=N–C) groups is 1. The Morgan fingerprint density at radius 2 is 1.33 bits per heavy atom. The minimum absolute atomic E-state index is 0. The first-order valence-electron chi connectivity index (χ1n) is 15.6. The summed E-state index contributed by atoms with van der Waals surface area (Å²) >= 11 is 6.77. The van der Waals surface area contributed by atoms with Gasteiger partial charge < -0.3 is 14.8 Å². The first kappa shape index (κ1) is 33.2. The number of hydrogen-bond donors (Lipinski definition) is 1. The van der Waals surface area contributed by atoms with Crippen LogP contribution >= 0.6 is 31.9 Å². The third kappa shape index (κ3) is 16.6. The van der Waals surface area contributed by atoms with E-state index >= 15 is 0 Å². The summed E-state index contributed by atoms with van der Waals surface area (Å²) in [4.78, 5) is 26.6. The van der Waals surface area contributed by atoms with E-state index in [1.54, 1.807) is 18.4 Å². The molecule has 0 aliphatic heterocycles. The van der Waals surface area contributed by atoms with Gasteiger partial charge in [0.25, 0.3) is 0 Å². The summed E-state index contributed by atoms with van der Waals surface area (Å²) in [5, 5.41) is 3.12. The van der Waals surface area contributed by atoms with E-state index in [4.69, 9.17) is 6.71 Å². The molecule has 4 rings (SSSR count). The van der Waals surface area contributed by atoms with Crippen molar-refractivity contribution >= 4 is 81.8 Å². The van der Waals surface area contributed by atoms with Crippen molar-refractivity contribution in [3.05, 3.63) is 140 Å². The predicted molar refractivity (Wildman–Crippen MR) is 196 cm³/mol. The van der Waals surface area contributed by atoms with Gasteiger partial charge in [0.05, 0.1) is 21.3 Å².